The summed E-state index contributed by atoms with van der Waals surface area (Å²) in [7, 11) is 0. The molecule has 1 unspecified atom stereocenters. The largest absolute Gasteiger partial charge is 0.207 e. The van der Waals surface area contributed by atoms with Gasteiger partial charge in [-0.2, -0.15) is 0 Å². The van der Waals surface area contributed by atoms with E-state index in [4.69, 9.17) is 11.6 Å². The van der Waals surface area contributed by atoms with Crippen LogP contribution in [0.4, 0.5) is 8.78 Å². The summed E-state index contributed by atoms with van der Waals surface area (Å²) in [4.78, 5) is 0. The van der Waals surface area contributed by atoms with E-state index >= 15 is 0 Å². The van der Waals surface area contributed by atoms with Gasteiger partial charge in [0, 0.05) is 11.4 Å². The number of halogens is 4. The predicted octanol–water partition coefficient (Wildman–Crippen LogP) is 4.92. The molecule has 0 aliphatic heterocycles. The van der Waals surface area contributed by atoms with Crippen LogP contribution in [0.5, 0.6) is 0 Å². The van der Waals surface area contributed by atoms with Gasteiger partial charge in [-0.1, -0.05) is 13.3 Å². The first-order valence-corrected chi connectivity index (χ1v) is 6.61. The SMILES string of the molecule is CCCC(CCl)Cc1c(F)ccc(Br)c1F. The van der Waals surface area contributed by atoms with E-state index in [1.807, 2.05) is 6.92 Å². The Morgan fingerprint density at radius 1 is 1.38 bits per heavy atom. The third kappa shape index (κ3) is 3.42. The van der Waals surface area contributed by atoms with E-state index in [0.717, 1.165) is 12.8 Å². The fourth-order valence-corrected chi connectivity index (χ4v) is 2.32. The second-order valence-corrected chi connectivity index (χ2v) is 5.00. The van der Waals surface area contributed by atoms with Gasteiger partial charge in [-0.3, -0.25) is 0 Å². The zero-order valence-electron chi connectivity index (χ0n) is 9.07. The number of hydrogen-bond donors (Lipinski definition) is 0. The Morgan fingerprint density at radius 2 is 2.06 bits per heavy atom. The van der Waals surface area contributed by atoms with E-state index in [1.54, 1.807) is 0 Å². The molecule has 1 atom stereocenters. The van der Waals surface area contributed by atoms with Crippen molar-refractivity contribution in [2.75, 3.05) is 5.88 Å². The van der Waals surface area contributed by atoms with Gasteiger partial charge in [0.1, 0.15) is 11.6 Å². The average Bonchev–Trinajstić information content (AvgIpc) is 2.28. The van der Waals surface area contributed by atoms with Crippen LogP contribution in [-0.4, -0.2) is 5.88 Å². The van der Waals surface area contributed by atoms with E-state index < -0.39 is 11.6 Å². The standard InChI is InChI=1S/C12H14BrClF2/c1-2-3-8(7-14)6-9-11(15)5-4-10(13)12(9)16/h4-5,8H,2-3,6-7H2,1H3. The van der Waals surface area contributed by atoms with Gasteiger partial charge < -0.3 is 0 Å². The monoisotopic (exact) mass is 310 g/mol. The normalized spacial score (nSPS) is 12.8. The van der Waals surface area contributed by atoms with Crippen molar-refractivity contribution in [3.05, 3.63) is 33.8 Å². The first kappa shape index (κ1) is 13.9. The molecule has 0 bridgehead atoms. The first-order valence-electron chi connectivity index (χ1n) is 5.28. The zero-order chi connectivity index (χ0) is 12.1. The van der Waals surface area contributed by atoms with Crippen LogP contribution in [0.15, 0.2) is 16.6 Å². The van der Waals surface area contributed by atoms with Gasteiger partial charge in [0.05, 0.1) is 4.47 Å². The van der Waals surface area contributed by atoms with Crippen LogP contribution in [0, 0.1) is 17.6 Å². The maximum atomic E-state index is 13.7. The van der Waals surface area contributed by atoms with Gasteiger partial charge in [0.15, 0.2) is 0 Å². The Kier molecular flexibility index (Phi) is 5.70. The van der Waals surface area contributed by atoms with Gasteiger partial charge in [-0.05, 0) is 46.8 Å². The second kappa shape index (κ2) is 6.55. The van der Waals surface area contributed by atoms with Crippen LogP contribution < -0.4 is 0 Å². The van der Waals surface area contributed by atoms with E-state index in [-0.39, 0.29) is 11.5 Å². The molecule has 90 valence electrons. The highest BCUT2D eigenvalue weighted by Gasteiger charge is 2.16. The molecule has 0 saturated heterocycles. The minimum absolute atomic E-state index is 0.130. The number of rotatable bonds is 5. The summed E-state index contributed by atoms with van der Waals surface area (Å²) in [6.07, 6.45) is 2.21. The van der Waals surface area contributed by atoms with Gasteiger partial charge >= 0.3 is 0 Å². The Hall–Kier alpha value is -0.150. The van der Waals surface area contributed by atoms with Gasteiger partial charge in [-0.15, -0.1) is 11.6 Å². The second-order valence-electron chi connectivity index (χ2n) is 3.83. The molecule has 0 N–H and O–H groups in total. The minimum Gasteiger partial charge on any atom is -0.207 e. The molecule has 0 aliphatic rings. The van der Waals surface area contributed by atoms with Crippen molar-refractivity contribution in [3.8, 4) is 0 Å². The summed E-state index contributed by atoms with van der Waals surface area (Å²) in [5, 5.41) is 0. The lowest BCUT2D eigenvalue weighted by Crippen LogP contribution is -2.09. The maximum absolute atomic E-state index is 13.7. The summed E-state index contributed by atoms with van der Waals surface area (Å²) < 4.78 is 27.4. The van der Waals surface area contributed by atoms with Gasteiger partial charge in [0.25, 0.3) is 0 Å². The minimum atomic E-state index is -0.508. The molecule has 16 heavy (non-hydrogen) atoms. The summed E-state index contributed by atoms with van der Waals surface area (Å²) in [5.41, 5.74) is 0.133. The molecule has 0 heterocycles. The summed E-state index contributed by atoms with van der Waals surface area (Å²) >= 11 is 8.84. The molecule has 1 aromatic carbocycles. The first-order chi connectivity index (χ1) is 7.60. The predicted molar refractivity (Wildman–Crippen MR) is 66.9 cm³/mol. The lowest BCUT2D eigenvalue weighted by Gasteiger charge is -2.14. The fourth-order valence-electron chi connectivity index (χ4n) is 1.69. The van der Waals surface area contributed by atoms with Crippen LogP contribution in [0.25, 0.3) is 0 Å². The van der Waals surface area contributed by atoms with E-state index in [1.165, 1.54) is 12.1 Å². The van der Waals surface area contributed by atoms with E-state index in [0.29, 0.717) is 16.8 Å². The van der Waals surface area contributed by atoms with E-state index in [9.17, 15) is 8.78 Å². The topological polar surface area (TPSA) is 0 Å². The summed E-state index contributed by atoms with van der Waals surface area (Å²) in [5.74, 6) is -0.442. The van der Waals surface area contributed by atoms with Crippen LogP contribution in [0.3, 0.4) is 0 Å². The zero-order valence-corrected chi connectivity index (χ0v) is 11.4. The van der Waals surface area contributed by atoms with Crippen molar-refractivity contribution in [1.82, 2.24) is 0 Å². The Balaban J connectivity index is 2.90. The molecule has 0 amide bonds. The average molecular weight is 312 g/mol. The number of hydrogen-bond acceptors (Lipinski definition) is 0. The quantitative estimate of drug-likeness (QED) is 0.534. The van der Waals surface area contributed by atoms with Crippen molar-refractivity contribution in [2.45, 2.75) is 26.2 Å². The fraction of sp³-hybridized carbons (Fsp3) is 0.500. The lowest BCUT2D eigenvalue weighted by molar-refractivity contribution is 0.482. The third-order valence-electron chi connectivity index (χ3n) is 2.55. The molecule has 1 aromatic rings. The summed E-state index contributed by atoms with van der Waals surface area (Å²) in [6.45, 7) is 2.03. The van der Waals surface area contributed by atoms with E-state index in [2.05, 4.69) is 15.9 Å². The van der Waals surface area contributed by atoms with Crippen molar-refractivity contribution < 1.29 is 8.78 Å². The van der Waals surface area contributed by atoms with Crippen molar-refractivity contribution in [2.24, 2.45) is 5.92 Å². The van der Waals surface area contributed by atoms with Crippen LogP contribution in [0.1, 0.15) is 25.3 Å². The Labute approximate surface area is 108 Å². The lowest BCUT2D eigenvalue weighted by atomic mass is 9.96. The van der Waals surface area contributed by atoms with Crippen molar-refractivity contribution in [1.29, 1.82) is 0 Å². The Morgan fingerprint density at radius 3 is 2.62 bits per heavy atom. The van der Waals surface area contributed by atoms with Crippen LogP contribution in [-0.2, 0) is 6.42 Å². The molecule has 0 aromatic heterocycles. The number of benzene rings is 1. The molecule has 0 aliphatic carbocycles. The molecule has 0 saturated carbocycles. The smallest absolute Gasteiger partial charge is 0.143 e. The number of alkyl halides is 1. The van der Waals surface area contributed by atoms with Gasteiger partial charge in [0.2, 0.25) is 0 Å². The van der Waals surface area contributed by atoms with Crippen LogP contribution in [0.2, 0.25) is 0 Å². The highest BCUT2D eigenvalue weighted by molar-refractivity contribution is 9.10. The molecule has 1 rings (SSSR count). The molecule has 0 radical (unpaired) electrons. The molecule has 0 spiro atoms. The maximum Gasteiger partial charge on any atom is 0.143 e. The highest BCUT2D eigenvalue weighted by Crippen LogP contribution is 2.25. The molecular formula is C12H14BrClF2. The summed E-state index contributed by atoms with van der Waals surface area (Å²) in [6, 6.07) is 2.66. The highest BCUT2D eigenvalue weighted by atomic mass is 79.9. The molecule has 0 nitrogen and oxygen atoms in total. The van der Waals surface area contributed by atoms with Crippen molar-refractivity contribution in [3.63, 3.8) is 0 Å². The van der Waals surface area contributed by atoms with Gasteiger partial charge in [-0.25, -0.2) is 8.78 Å². The molecular weight excluding hydrogens is 297 g/mol. The molecule has 0 fully saturated rings. The van der Waals surface area contributed by atoms with Crippen LogP contribution >= 0.6 is 27.5 Å². The van der Waals surface area contributed by atoms with Crippen molar-refractivity contribution >= 4 is 27.5 Å². The third-order valence-corrected chi connectivity index (χ3v) is 3.60. The Bertz CT molecular complexity index is 355. The molecule has 4 heteroatoms.